The number of hydrogen-bond donors (Lipinski definition) is 1. The molecule has 1 aromatic rings. The third-order valence-corrected chi connectivity index (χ3v) is 3.42. The van der Waals surface area contributed by atoms with Crippen molar-refractivity contribution in [3.8, 4) is 11.5 Å². The largest absolute Gasteiger partial charge is 0.497 e. The second-order valence-electron chi connectivity index (χ2n) is 6.87. The summed E-state index contributed by atoms with van der Waals surface area (Å²) in [5.74, 6) is 1.51. The van der Waals surface area contributed by atoms with Crippen molar-refractivity contribution in [2.45, 2.75) is 39.2 Å². The van der Waals surface area contributed by atoms with Crippen LogP contribution in [-0.2, 0) is 9.53 Å². The van der Waals surface area contributed by atoms with Gasteiger partial charge in [0, 0.05) is 20.0 Å². The van der Waals surface area contributed by atoms with E-state index in [1.165, 1.54) is 0 Å². The Labute approximate surface area is 155 Å². The third-order valence-electron chi connectivity index (χ3n) is 3.42. The molecule has 0 aromatic heterocycles. The van der Waals surface area contributed by atoms with E-state index in [0.717, 1.165) is 11.5 Å². The highest BCUT2D eigenvalue weighted by Crippen LogP contribution is 2.16. The van der Waals surface area contributed by atoms with E-state index in [1.807, 2.05) is 24.3 Å². The molecule has 1 aromatic carbocycles. The monoisotopic (exact) mass is 366 g/mol. The normalized spacial score (nSPS) is 10.8. The van der Waals surface area contributed by atoms with Crippen LogP contribution in [0.3, 0.4) is 0 Å². The van der Waals surface area contributed by atoms with Crippen molar-refractivity contribution >= 4 is 12.0 Å². The summed E-state index contributed by atoms with van der Waals surface area (Å²) in [7, 11) is 3.35. The van der Waals surface area contributed by atoms with Crippen LogP contribution in [0, 0.1) is 0 Å². The molecular weight excluding hydrogens is 336 g/mol. The summed E-state index contributed by atoms with van der Waals surface area (Å²) < 4.78 is 15.8. The van der Waals surface area contributed by atoms with Crippen LogP contribution >= 0.6 is 0 Å². The highest BCUT2D eigenvalue weighted by Gasteiger charge is 2.15. The van der Waals surface area contributed by atoms with Gasteiger partial charge >= 0.3 is 6.09 Å². The molecule has 0 bridgehead atoms. The molecule has 0 unspecified atom stereocenters. The number of rotatable bonds is 9. The van der Waals surface area contributed by atoms with Gasteiger partial charge < -0.3 is 24.4 Å². The Morgan fingerprint density at radius 3 is 2.31 bits per heavy atom. The highest BCUT2D eigenvalue weighted by molar-refractivity contribution is 5.76. The molecule has 0 spiro atoms. The number of amides is 2. The van der Waals surface area contributed by atoms with Gasteiger partial charge in [-0.2, -0.15) is 0 Å². The van der Waals surface area contributed by atoms with Crippen LogP contribution in [0.2, 0.25) is 0 Å². The van der Waals surface area contributed by atoms with Gasteiger partial charge in [-0.1, -0.05) is 0 Å². The minimum atomic E-state index is -0.524. The quantitative estimate of drug-likeness (QED) is 0.680. The zero-order valence-corrected chi connectivity index (χ0v) is 16.3. The Bertz CT molecular complexity index is 566. The molecule has 7 nitrogen and oxygen atoms in total. The summed E-state index contributed by atoms with van der Waals surface area (Å²) in [4.78, 5) is 25.2. The van der Waals surface area contributed by atoms with Gasteiger partial charge in [0.1, 0.15) is 23.7 Å². The molecule has 0 saturated carbocycles. The molecular formula is C19H30N2O5. The maximum atomic E-state index is 12.1. The predicted octanol–water partition coefficient (Wildman–Crippen LogP) is 2.84. The van der Waals surface area contributed by atoms with Gasteiger partial charge in [0.2, 0.25) is 5.91 Å². The lowest BCUT2D eigenvalue weighted by Gasteiger charge is -2.20. The average Bonchev–Trinajstić information content (AvgIpc) is 2.57. The van der Waals surface area contributed by atoms with E-state index >= 15 is 0 Å². The first-order valence-electron chi connectivity index (χ1n) is 8.69. The Kier molecular flexibility index (Phi) is 8.75. The number of carbonyl (C=O) groups excluding carboxylic acids is 2. The topological polar surface area (TPSA) is 77.1 Å². The molecule has 0 aliphatic rings. The first-order valence-corrected chi connectivity index (χ1v) is 8.69. The fourth-order valence-electron chi connectivity index (χ4n) is 2.03. The molecule has 0 heterocycles. The number of nitrogens with one attached hydrogen (secondary N) is 1. The maximum absolute atomic E-state index is 12.1. The lowest BCUT2D eigenvalue weighted by atomic mass is 10.2. The molecule has 7 heteroatoms. The van der Waals surface area contributed by atoms with Crippen molar-refractivity contribution in [1.29, 1.82) is 0 Å². The average molecular weight is 366 g/mol. The molecule has 0 aliphatic heterocycles. The standard InChI is InChI=1S/C19H30N2O5/c1-19(2,3)26-18(23)20-12-6-7-17(22)21(4)13-14-25-16-10-8-15(24-5)9-11-16/h8-11H,6-7,12-14H2,1-5H3,(H,20,23). The second kappa shape index (κ2) is 10.5. The molecule has 2 amide bonds. The summed E-state index contributed by atoms with van der Waals surface area (Å²) in [5, 5.41) is 2.64. The van der Waals surface area contributed by atoms with Gasteiger partial charge in [0.05, 0.1) is 13.7 Å². The van der Waals surface area contributed by atoms with E-state index in [4.69, 9.17) is 14.2 Å². The van der Waals surface area contributed by atoms with Crippen LogP contribution < -0.4 is 14.8 Å². The number of methoxy groups -OCH3 is 1. The van der Waals surface area contributed by atoms with E-state index in [2.05, 4.69) is 5.32 Å². The Hall–Kier alpha value is -2.44. The van der Waals surface area contributed by atoms with Gasteiger partial charge in [-0.05, 0) is 51.5 Å². The van der Waals surface area contributed by atoms with E-state index in [0.29, 0.717) is 32.5 Å². The number of ether oxygens (including phenoxy) is 3. The summed E-state index contributed by atoms with van der Waals surface area (Å²) in [6, 6.07) is 7.29. The molecule has 1 rings (SSSR count). The number of likely N-dealkylation sites (N-methyl/N-ethyl adjacent to an activating group) is 1. The van der Waals surface area contributed by atoms with Crippen molar-refractivity contribution in [3.63, 3.8) is 0 Å². The summed E-state index contributed by atoms with van der Waals surface area (Å²) in [6.45, 7) is 6.71. The van der Waals surface area contributed by atoms with Crippen LogP contribution in [0.25, 0.3) is 0 Å². The van der Waals surface area contributed by atoms with Gasteiger partial charge in [-0.3, -0.25) is 4.79 Å². The van der Waals surface area contributed by atoms with Crippen molar-refractivity contribution in [2.24, 2.45) is 0 Å². The van der Waals surface area contributed by atoms with Crippen molar-refractivity contribution in [2.75, 3.05) is 33.9 Å². The van der Waals surface area contributed by atoms with E-state index in [1.54, 1.807) is 39.8 Å². The van der Waals surface area contributed by atoms with Gasteiger partial charge in [0.25, 0.3) is 0 Å². The SMILES string of the molecule is COc1ccc(OCCN(C)C(=O)CCCNC(=O)OC(C)(C)C)cc1. The maximum Gasteiger partial charge on any atom is 0.407 e. The lowest BCUT2D eigenvalue weighted by molar-refractivity contribution is -0.130. The van der Waals surface area contributed by atoms with Gasteiger partial charge in [-0.15, -0.1) is 0 Å². The van der Waals surface area contributed by atoms with E-state index in [-0.39, 0.29) is 5.91 Å². The smallest absolute Gasteiger partial charge is 0.407 e. The zero-order valence-electron chi connectivity index (χ0n) is 16.3. The molecule has 1 N–H and O–H groups in total. The Morgan fingerprint density at radius 2 is 1.73 bits per heavy atom. The third kappa shape index (κ3) is 9.15. The molecule has 0 atom stereocenters. The predicted molar refractivity (Wildman–Crippen MR) is 99.6 cm³/mol. The van der Waals surface area contributed by atoms with Gasteiger partial charge in [-0.25, -0.2) is 4.79 Å². The zero-order chi connectivity index (χ0) is 19.6. The van der Waals surface area contributed by atoms with Crippen molar-refractivity contribution in [1.82, 2.24) is 10.2 Å². The van der Waals surface area contributed by atoms with Crippen molar-refractivity contribution in [3.05, 3.63) is 24.3 Å². The molecule has 0 saturated heterocycles. The highest BCUT2D eigenvalue weighted by atomic mass is 16.6. The number of benzene rings is 1. The Balaban J connectivity index is 2.17. The second-order valence-corrected chi connectivity index (χ2v) is 6.87. The first kappa shape index (κ1) is 21.6. The first-order chi connectivity index (χ1) is 12.2. The summed E-state index contributed by atoms with van der Waals surface area (Å²) in [5.41, 5.74) is -0.524. The minimum Gasteiger partial charge on any atom is -0.497 e. The van der Waals surface area contributed by atoms with Crippen molar-refractivity contribution < 1.29 is 23.8 Å². The van der Waals surface area contributed by atoms with Crippen LogP contribution in [0.4, 0.5) is 4.79 Å². The van der Waals surface area contributed by atoms with E-state index in [9.17, 15) is 9.59 Å². The molecule has 0 aliphatic carbocycles. The van der Waals surface area contributed by atoms with Crippen LogP contribution in [-0.4, -0.2) is 56.4 Å². The molecule has 146 valence electrons. The fraction of sp³-hybridized carbons (Fsp3) is 0.579. The Morgan fingerprint density at radius 1 is 1.12 bits per heavy atom. The minimum absolute atomic E-state index is 0.00863. The number of alkyl carbamates (subject to hydrolysis) is 1. The number of nitrogens with zero attached hydrogens (tertiary/aromatic N) is 1. The van der Waals surface area contributed by atoms with Crippen LogP contribution in [0.15, 0.2) is 24.3 Å². The lowest BCUT2D eigenvalue weighted by Crippen LogP contribution is -2.34. The summed E-state index contributed by atoms with van der Waals surface area (Å²) >= 11 is 0. The van der Waals surface area contributed by atoms with Crippen LogP contribution in [0.5, 0.6) is 11.5 Å². The number of hydrogen-bond acceptors (Lipinski definition) is 5. The molecule has 0 radical (unpaired) electrons. The van der Waals surface area contributed by atoms with Crippen LogP contribution in [0.1, 0.15) is 33.6 Å². The fourth-order valence-corrected chi connectivity index (χ4v) is 2.03. The van der Waals surface area contributed by atoms with Gasteiger partial charge in [0.15, 0.2) is 0 Å². The molecule has 0 fully saturated rings. The summed E-state index contributed by atoms with van der Waals surface area (Å²) in [6.07, 6.45) is 0.447. The molecule has 26 heavy (non-hydrogen) atoms. The number of carbonyl (C=O) groups is 2. The van der Waals surface area contributed by atoms with E-state index < -0.39 is 11.7 Å².